The number of halogens is 1. The van der Waals surface area contributed by atoms with Gasteiger partial charge in [-0.25, -0.2) is 0 Å². The van der Waals surface area contributed by atoms with E-state index in [0.717, 1.165) is 5.56 Å². The minimum Gasteiger partial charge on any atom is -0.493 e. The van der Waals surface area contributed by atoms with Crippen LogP contribution in [0.3, 0.4) is 0 Å². The van der Waals surface area contributed by atoms with Crippen molar-refractivity contribution in [3.8, 4) is 11.5 Å². The van der Waals surface area contributed by atoms with Crippen LogP contribution in [0.5, 0.6) is 11.5 Å². The molecule has 0 heterocycles. The van der Waals surface area contributed by atoms with Crippen LogP contribution in [0.4, 0.5) is 0 Å². The number of benzene rings is 2. The molecule has 3 N–H and O–H groups in total. The van der Waals surface area contributed by atoms with E-state index in [4.69, 9.17) is 20.4 Å². The van der Waals surface area contributed by atoms with Gasteiger partial charge in [0.25, 0.3) is 0 Å². The fourth-order valence-electron chi connectivity index (χ4n) is 1.75. The van der Waals surface area contributed by atoms with Gasteiger partial charge in [0.2, 0.25) is 0 Å². The molecule has 0 atom stereocenters. The third kappa shape index (κ3) is 4.01. The van der Waals surface area contributed by atoms with E-state index in [9.17, 15) is 0 Å². The van der Waals surface area contributed by atoms with Crippen molar-refractivity contribution in [1.82, 2.24) is 0 Å². The maximum absolute atomic E-state index is 8.69. The van der Waals surface area contributed by atoms with Gasteiger partial charge in [-0.2, -0.15) is 0 Å². The SMILES string of the molecule is COc1cc(C(N)=NO)ccc1OCc1ccc(I)cc1. The van der Waals surface area contributed by atoms with Gasteiger partial charge in [-0.15, -0.1) is 0 Å². The van der Waals surface area contributed by atoms with Crippen LogP contribution in [0.25, 0.3) is 0 Å². The van der Waals surface area contributed by atoms with Crippen molar-refractivity contribution in [3.63, 3.8) is 0 Å². The summed E-state index contributed by atoms with van der Waals surface area (Å²) in [7, 11) is 1.54. The predicted octanol–water partition coefficient (Wildman–Crippen LogP) is 2.97. The molecule has 0 spiro atoms. The molecule has 0 aliphatic rings. The molecule has 2 aromatic rings. The summed E-state index contributed by atoms with van der Waals surface area (Å²) in [5.74, 6) is 1.16. The Labute approximate surface area is 136 Å². The zero-order valence-corrected chi connectivity index (χ0v) is 13.6. The average Bonchev–Trinajstić information content (AvgIpc) is 2.53. The van der Waals surface area contributed by atoms with E-state index in [1.807, 2.05) is 24.3 Å². The van der Waals surface area contributed by atoms with Gasteiger partial charge in [0, 0.05) is 9.13 Å². The first-order chi connectivity index (χ1) is 10.1. The standard InChI is InChI=1S/C15H15IN2O3/c1-20-14-8-11(15(17)18-19)4-7-13(14)21-9-10-2-5-12(16)6-3-10/h2-8,19H,9H2,1H3,(H2,17,18). The minimum atomic E-state index is 0.0254. The Kier molecular flexibility index (Phi) is 5.26. The maximum Gasteiger partial charge on any atom is 0.170 e. The van der Waals surface area contributed by atoms with Gasteiger partial charge < -0.3 is 20.4 Å². The van der Waals surface area contributed by atoms with E-state index >= 15 is 0 Å². The van der Waals surface area contributed by atoms with Crippen LogP contribution in [-0.2, 0) is 6.61 Å². The summed E-state index contributed by atoms with van der Waals surface area (Å²) in [4.78, 5) is 0. The van der Waals surface area contributed by atoms with Crippen molar-refractivity contribution in [2.45, 2.75) is 6.61 Å². The second-order valence-corrected chi connectivity index (χ2v) is 5.51. The van der Waals surface area contributed by atoms with Crippen LogP contribution in [0.2, 0.25) is 0 Å². The average molecular weight is 398 g/mol. The number of ether oxygens (including phenoxy) is 2. The van der Waals surface area contributed by atoms with Crippen molar-refractivity contribution in [2.24, 2.45) is 10.9 Å². The molecule has 0 unspecified atom stereocenters. The van der Waals surface area contributed by atoms with Crippen LogP contribution in [-0.4, -0.2) is 18.2 Å². The molecular weight excluding hydrogens is 383 g/mol. The molecule has 0 aliphatic heterocycles. The molecule has 110 valence electrons. The number of nitrogens with two attached hydrogens (primary N) is 1. The molecular formula is C15H15IN2O3. The Morgan fingerprint density at radius 2 is 1.90 bits per heavy atom. The third-order valence-electron chi connectivity index (χ3n) is 2.87. The van der Waals surface area contributed by atoms with E-state index in [1.54, 1.807) is 25.3 Å². The first-order valence-electron chi connectivity index (χ1n) is 6.17. The van der Waals surface area contributed by atoms with Gasteiger partial charge in [-0.1, -0.05) is 17.3 Å². The van der Waals surface area contributed by atoms with Gasteiger partial charge in [-0.05, 0) is 58.5 Å². The van der Waals surface area contributed by atoms with E-state index in [2.05, 4.69) is 27.7 Å². The molecule has 2 aromatic carbocycles. The molecule has 21 heavy (non-hydrogen) atoms. The lowest BCUT2D eigenvalue weighted by molar-refractivity contribution is 0.284. The van der Waals surface area contributed by atoms with Gasteiger partial charge in [0.15, 0.2) is 17.3 Å². The number of rotatable bonds is 5. The summed E-state index contributed by atoms with van der Waals surface area (Å²) in [5, 5.41) is 11.6. The fraction of sp³-hybridized carbons (Fsp3) is 0.133. The Morgan fingerprint density at radius 1 is 1.19 bits per heavy atom. The Balaban J connectivity index is 2.14. The molecule has 5 nitrogen and oxygen atoms in total. The second-order valence-electron chi connectivity index (χ2n) is 4.27. The van der Waals surface area contributed by atoms with Crippen molar-refractivity contribution in [1.29, 1.82) is 0 Å². The fourth-order valence-corrected chi connectivity index (χ4v) is 2.11. The summed E-state index contributed by atoms with van der Waals surface area (Å²) >= 11 is 2.26. The summed E-state index contributed by atoms with van der Waals surface area (Å²) in [6, 6.07) is 13.2. The highest BCUT2D eigenvalue weighted by atomic mass is 127. The minimum absolute atomic E-state index is 0.0254. The van der Waals surface area contributed by atoms with Crippen molar-refractivity contribution >= 4 is 28.4 Å². The van der Waals surface area contributed by atoms with Gasteiger partial charge in [-0.3, -0.25) is 0 Å². The summed E-state index contributed by atoms with van der Waals surface area (Å²) in [6.45, 7) is 0.441. The lowest BCUT2D eigenvalue weighted by atomic mass is 10.2. The highest BCUT2D eigenvalue weighted by molar-refractivity contribution is 14.1. The van der Waals surface area contributed by atoms with E-state index in [-0.39, 0.29) is 5.84 Å². The smallest absolute Gasteiger partial charge is 0.170 e. The molecule has 0 saturated heterocycles. The number of amidine groups is 1. The lowest BCUT2D eigenvalue weighted by Crippen LogP contribution is -2.13. The highest BCUT2D eigenvalue weighted by Crippen LogP contribution is 2.28. The van der Waals surface area contributed by atoms with Gasteiger partial charge in [0.1, 0.15) is 6.61 Å². The molecule has 0 bridgehead atoms. The van der Waals surface area contributed by atoms with Crippen molar-refractivity contribution < 1.29 is 14.7 Å². The largest absolute Gasteiger partial charge is 0.493 e. The zero-order chi connectivity index (χ0) is 15.2. The summed E-state index contributed by atoms with van der Waals surface area (Å²) in [5.41, 5.74) is 7.18. The van der Waals surface area contributed by atoms with Gasteiger partial charge >= 0.3 is 0 Å². The monoisotopic (exact) mass is 398 g/mol. The van der Waals surface area contributed by atoms with Gasteiger partial charge in [0.05, 0.1) is 7.11 Å². The van der Waals surface area contributed by atoms with Crippen LogP contribution < -0.4 is 15.2 Å². The quantitative estimate of drug-likeness (QED) is 0.267. The summed E-state index contributed by atoms with van der Waals surface area (Å²) < 4.78 is 12.2. The molecule has 6 heteroatoms. The Morgan fingerprint density at radius 3 is 2.52 bits per heavy atom. The normalized spacial score (nSPS) is 11.2. The molecule has 0 radical (unpaired) electrons. The van der Waals surface area contributed by atoms with Crippen LogP contribution in [0.1, 0.15) is 11.1 Å². The molecule has 0 amide bonds. The zero-order valence-electron chi connectivity index (χ0n) is 11.4. The molecule has 0 aliphatic carbocycles. The molecule has 2 rings (SSSR count). The van der Waals surface area contributed by atoms with Crippen LogP contribution >= 0.6 is 22.6 Å². The first kappa shape index (κ1) is 15.4. The lowest BCUT2D eigenvalue weighted by Gasteiger charge is -2.12. The number of nitrogens with zero attached hydrogens (tertiary/aromatic N) is 1. The number of hydrogen-bond donors (Lipinski definition) is 2. The van der Waals surface area contributed by atoms with Crippen LogP contribution in [0.15, 0.2) is 47.6 Å². The van der Waals surface area contributed by atoms with Crippen molar-refractivity contribution in [2.75, 3.05) is 7.11 Å². The van der Waals surface area contributed by atoms with Crippen molar-refractivity contribution in [3.05, 3.63) is 57.2 Å². The molecule has 0 fully saturated rings. The summed E-state index contributed by atoms with van der Waals surface area (Å²) in [6.07, 6.45) is 0. The van der Waals surface area contributed by atoms with E-state index < -0.39 is 0 Å². The maximum atomic E-state index is 8.69. The number of hydrogen-bond acceptors (Lipinski definition) is 4. The van der Waals surface area contributed by atoms with E-state index in [0.29, 0.717) is 23.7 Å². The number of oxime groups is 1. The predicted molar refractivity (Wildman–Crippen MR) is 89.0 cm³/mol. The topological polar surface area (TPSA) is 77.1 Å². The molecule has 0 aromatic heterocycles. The van der Waals surface area contributed by atoms with Crippen LogP contribution in [0, 0.1) is 3.57 Å². The second kappa shape index (κ2) is 7.16. The Bertz CT molecular complexity index is 642. The Hall–Kier alpha value is -1.96. The van der Waals surface area contributed by atoms with E-state index in [1.165, 1.54) is 3.57 Å². The third-order valence-corrected chi connectivity index (χ3v) is 3.59. The molecule has 0 saturated carbocycles. The number of methoxy groups -OCH3 is 1. The first-order valence-corrected chi connectivity index (χ1v) is 7.25. The highest BCUT2D eigenvalue weighted by Gasteiger charge is 2.08.